The lowest BCUT2D eigenvalue weighted by atomic mass is 9.99. The van der Waals surface area contributed by atoms with Gasteiger partial charge in [-0.15, -0.1) is 0 Å². The molecule has 0 bridgehead atoms. The molecule has 1 aromatic heterocycles. The Kier molecular flexibility index (Phi) is 4.96. The number of aromatic nitrogens is 2. The van der Waals surface area contributed by atoms with Gasteiger partial charge in [-0.05, 0) is 32.1 Å². The predicted octanol–water partition coefficient (Wildman–Crippen LogP) is 1.90. The van der Waals surface area contributed by atoms with Gasteiger partial charge in [0.25, 0.3) is 0 Å². The molecule has 106 valence electrons. The molecule has 2 atom stereocenters. The highest BCUT2D eigenvalue weighted by molar-refractivity contribution is 5.49. The number of aliphatic hydroxyl groups is 1. The van der Waals surface area contributed by atoms with Crippen LogP contribution in [0.5, 0.6) is 0 Å². The quantitative estimate of drug-likeness (QED) is 0.850. The van der Waals surface area contributed by atoms with Crippen molar-refractivity contribution >= 4 is 11.6 Å². The van der Waals surface area contributed by atoms with Crippen LogP contribution in [0.1, 0.15) is 33.1 Å². The molecule has 0 aromatic carbocycles. The van der Waals surface area contributed by atoms with Gasteiger partial charge in [0.15, 0.2) is 0 Å². The number of piperidine rings is 1. The zero-order valence-electron chi connectivity index (χ0n) is 11.8. The highest BCUT2D eigenvalue weighted by Gasteiger charge is 2.20. The van der Waals surface area contributed by atoms with Crippen LogP contribution < -0.4 is 10.2 Å². The third-order valence-electron chi connectivity index (χ3n) is 3.76. The first-order chi connectivity index (χ1) is 9.22. The average molecular weight is 264 g/mol. The van der Waals surface area contributed by atoms with E-state index in [-0.39, 0.29) is 6.61 Å². The van der Waals surface area contributed by atoms with Gasteiger partial charge in [-0.25, -0.2) is 9.97 Å². The fourth-order valence-electron chi connectivity index (χ4n) is 2.38. The summed E-state index contributed by atoms with van der Waals surface area (Å²) < 4.78 is 0. The summed E-state index contributed by atoms with van der Waals surface area (Å²) in [5, 5.41) is 12.7. The average Bonchev–Trinajstić information content (AvgIpc) is 2.47. The van der Waals surface area contributed by atoms with Crippen molar-refractivity contribution in [3.8, 4) is 0 Å². The Morgan fingerprint density at radius 3 is 3.11 bits per heavy atom. The number of hydrogen-bond acceptors (Lipinski definition) is 5. The highest BCUT2D eigenvalue weighted by Crippen LogP contribution is 2.22. The number of aliphatic hydroxyl groups excluding tert-OH is 1. The molecule has 0 spiro atoms. The highest BCUT2D eigenvalue weighted by atomic mass is 16.3. The number of anilines is 2. The molecule has 1 saturated heterocycles. The third-order valence-corrected chi connectivity index (χ3v) is 3.76. The zero-order chi connectivity index (χ0) is 13.7. The number of nitrogens with zero attached hydrogens (tertiary/aromatic N) is 3. The fraction of sp³-hybridized carbons (Fsp3) is 0.714. The van der Waals surface area contributed by atoms with Gasteiger partial charge in [-0.1, -0.05) is 6.92 Å². The van der Waals surface area contributed by atoms with Crippen LogP contribution in [0.3, 0.4) is 0 Å². The number of rotatable bonds is 5. The Balaban J connectivity index is 2.05. The Morgan fingerprint density at radius 2 is 2.37 bits per heavy atom. The van der Waals surface area contributed by atoms with E-state index >= 15 is 0 Å². The SMILES string of the molecule is CCC(C)Nc1cc(N2CCCC(CO)C2)ncn1. The van der Waals surface area contributed by atoms with Crippen LogP contribution in [0, 0.1) is 5.92 Å². The molecule has 2 N–H and O–H groups in total. The lowest BCUT2D eigenvalue weighted by Crippen LogP contribution is -2.37. The molecule has 5 nitrogen and oxygen atoms in total. The van der Waals surface area contributed by atoms with Crippen molar-refractivity contribution in [2.75, 3.05) is 29.9 Å². The van der Waals surface area contributed by atoms with Crippen molar-refractivity contribution in [1.82, 2.24) is 9.97 Å². The second kappa shape index (κ2) is 6.70. The molecular weight excluding hydrogens is 240 g/mol. The van der Waals surface area contributed by atoms with Gasteiger partial charge in [0.1, 0.15) is 18.0 Å². The molecule has 2 unspecified atom stereocenters. The van der Waals surface area contributed by atoms with Crippen molar-refractivity contribution < 1.29 is 5.11 Å². The van der Waals surface area contributed by atoms with Crippen LogP contribution in [0.25, 0.3) is 0 Å². The second-order valence-corrected chi connectivity index (χ2v) is 5.35. The molecular formula is C14H24N4O. The minimum atomic E-state index is 0.263. The van der Waals surface area contributed by atoms with Crippen molar-refractivity contribution in [2.45, 2.75) is 39.2 Å². The predicted molar refractivity (Wildman–Crippen MR) is 77.4 cm³/mol. The topological polar surface area (TPSA) is 61.3 Å². The van der Waals surface area contributed by atoms with E-state index in [1.54, 1.807) is 6.33 Å². The number of nitrogens with one attached hydrogen (secondary N) is 1. The lowest BCUT2D eigenvalue weighted by molar-refractivity contribution is 0.208. The first-order valence-electron chi connectivity index (χ1n) is 7.17. The molecule has 2 rings (SSSR count). The monoisotopic (exact) mass is 264 g/mol. The molecule has 1 aromatic rings. The fourth-order valence-corrected chi connectivity index (χ4v) is 2.38. The van der Waals surface area contributed by atoms with Gasteiger partial charge < -0.3 is 15.3 Å². The van der Waals surface area contributed by atoms with E-state index in [9.17, 15) is 5.11 Å². The summed E-state index contributed by atoms with van der Waals surface area (Å²) in [6.07, 6.45) is 4.90. The van der Waals surface area contributed by atoms with E-state index in [2.05, 4.69) is 34.0 Å². The molecule has 0 amide bonds. The summed E-state index contributed by atoms with van der Waals surface area (Å²) in [6.45, 7) is 6.45. The van der Waals surface area contributed by atoms with Crippen LogP contribution in [-0.4, -0.2) is 40.8 Å². The van der Waals surface area contributed by atoms with Crippen LogP contribution in [0.15, 0.2) is 12.4 Å². The normalized spacial score (nSPS) is 21.2. The van der Waals surface area contributed by atoms with Gasteiger partial charge >= 0.3 is 0 Å². The largest absolute Gasteiger partial charge is 0.396 e. The maximum Gasteiger partial charge on any atom is 0.134 e. The molecule has 5 heteroatoms. The molecule has 1 aliphatic rings. The zero-order valence-corrected chi connectivity index (χ0v) is 11.8. The molecule has 1 fully saturated rings. The molecule has 1 aliphatic heterocycles. The van der Waals surface area contributed by atoms with Gasteiger partial charge in [-0.2, -0.15) is 0 Å². The van der Waals surface area contributed by atoms with E-state index in [4.69, 9.17) is 0 Å². The summed E-state index contributed by atoms with van der Waals surface area (Å²) in [5.74, 6) is 2.21. The standard InChI is InChI=1S/C14H24N4O/c1-3-11(2)17-13-7-14(16-10-15-13)18-6-4-5-12(8-18)9-19/h7,10-12,19H,3-6,8-9H2,1-2H3,(H,15,16,17). The Bertz CT molecular complexity index is 399. The van der Waals surface area contributed by atoms with Crippen LogP contribution in [-0.2, 0) is 0 Å². The molecule has 2 heterocycles. The van der Waals surface area contributed by atoms with Crippen molar-refractivity contribution in [3.63, 3.8) is 0 Å². The van der Waals surface area contributed by atoms with E-state index in [1.165, 1.54) is 0 Å². The smallest absolute Gasteiger partial charge is 0.134 e. The van der Waals surface area contributed by atoms with Crippen molar-refractivity contribution in [3.05, 3.63) is 12.4 Å². The van der Waals surface area contributed by atoms with Crippen LogP contribution in [0.2, 0.25) is 0 Å². The van der Waals surface area contributed by atoms with Gasteiger partial charge in [0, 0.05) is 31.8 Å². The molecule has 0 aliphatic carbocycles. The summed E-state index contributed by atoms with van der Waals surface area (Å²) in [5.41, 5.74) is 0. The summed E-state index contributed by atoms with van der Waals surface area (Å²) >= 11 is 0. The van der Waals surface area contributed by atoms with E-state index < -0.39 is 0 Å². The Labute approximate surface area is 115 Å². The van der Waals surface area contributed by atoms with E-state index in [0.29, 0.717) is 12.0 Å². The minimum absolute atomic E-state index is 0.263. The summed E-state index contributed by atoms with van der Waals surface area (Å²) in [7, 11) is 0. The first-order valence-corrected chi connectivity index (χ1v) is 7.17. The Hall–Kier alpha value is -1.36. The maximum absolute atomic E-state index is 9.29. The Morgan fingerprint density at radius 1 is 1.53 bits per heavy atom. The van der Waals surface area contributed by atoms with Crippen molar-refractivity contribution in [1.29, 1.82) is 0 Å². The third kappa shape index (κ3) is 3.80. The lowest BCUT2D eigenvalue weighted by Gasteiger charge is -2.32. The number of hydrogen-bond donors (Lipinski definition) is 2. The first kappa shape index (κ1) is 14.1. The van der Waals surface area contributed by atoms with Crippen molar-refractivity contribution in [2.24, 2.45) is 5.92 Å². The molecule has 0 saturated carbocycles. The van der Waals surface area contributed by atoms with Crippen LogP contribution in [0.4, 0.5) is 11.6 Å². The van der Waals surface area contributed by atoms with Crippen LogP contribution >= 0.6 is 0 Å². The van der Waals surface area contributed by atoms with E-state index in [1.807, 2.05) is 6.07 Å². The van der Waals surface area contributed by atoms with E-state index in [0.717, 1.165) is 44.0 Å². The van der Waals surface area contributed by atoms with Gasteiger partial charge in [0.2, 0.25) is 0 Å². The summed E-state index contributed by atoms with van der Waals surface area (Å²) in [4.78, 5) is 10.9. The molecule has 19 heavy (non-hydrogen) atoms. The maximum atomic E-state index is 9.29. The van der Waals surface area contributed by atoms with Gasteiger partial charge in [-0.3, -0.25) is 0 Å². The van der Waals surface area contributed by atoms with Gasteiger partial charge in [0.05, 0.1) is 0 Å². The summed E-state index contributed by atoms with van der Waals surface area (Å²) in [6, 6.07) is 2.42. The minimum Gasteiger partial charge on any atom is -0.396 e. The molecule has 0 radical (unpaired) electrons. The second-order valence-electron chi connectivity index (χ2n) is 5.35.